The summed E-state index contributed by atoms with van der Waals surface area (Å²) in [5.41, 5.74) is 4.05. The Balaban J connectivity index is 1.33. The summed E-state index contributed by atoms with van der Waals surface area (Å²) < 4.78 is 2.03. The van der Waals surface area contributed by atoms with Gasteiger partial charge in [0.15, 0.2) is 5.13 Å². The number of nitrogens with one attached hydrogen (secondary N) is 1. The van der Waals surface area contributed by atoms with Crippen LogP contribution < -0.4 is 5.32 Å². The first kappa shape index (κ1) is 19.4. The van der Waals surface area contributed by atoms with Gasteiger partial charge in [-0.05, 0) is 42.3 Å². The number of thiazole rings is 2. The number of aryl methyl sites for hydroxylation is 1. The molecule has 0 saturated carbocycles. The molecular formula is C20H16ClN3OS3. The number of rotatable bonds is 6. The van der Waals surface area contributed by atoms with Gasteiger partial charge < -0.3 is 5.32 Å². The van der Waals surface area contributed by atoms with Gasteiger partial charge in [0.1, 0.15) is 4.34 Å². The van der Waals surface area contributed by atoms with E-state index in [0.717, 1.165) is 31.0 Å². The van der Waals surface area contributed by atoms with Crippen LogP contribution in [0.25, 0.3) is 10.2 Å². The molecular weight excluding hydrogens is 430 g/mol. The molecule has 0 bridgehead atoms. The summed E-state index contributed by atoms with van der Waals surface area (Å²) in [6, 6.07) is 13.9. The number of halogens is 1. The number of carbonyl (C=O) groups excluding carboxylic acids is 1. The molecule has 142 valence electrons. The van der Waals surface area contributed by atoms with Crippen molar-refractivity contribution < 1.29 is 4.79 Å². The second kappa shape index (κ2) is 8.61. The van der Waals surface area contributed by atoms with Gasteiger partial charge in [0.25, 0.3) is 0 Å². The Kier molecular flexibility index (Phi) is 5.96. The van der Waals surface area contributed by atoms with Crippen molar-refractivity contribution in [3.63, 3.8) is 0 Å². The zero-order chi connectivity index (χ0) is 19.5. The number of thioether (sulfide) groups is 1. The Labute approximate surface area is 180 Å². The molecule has 4 aromatic rings. The lowest BCUT2D eigenvalue weighted by molar-refractivity contribution is -0.115. The molecule has 0 fully saturated rings. The average Bonchev–Trinajstić information content (AvgIpc) is 3.27. The largest absolute Gasteiger partial charge is 0.302 e. The molecule has 4 rings (SSSR count). The molecule has 2 aromatic carbocycles. The molecule has 2 aromatic heterocycles. The van der Waals surface area contributed by atoms with Crippen molar-refractivity contribution in [1.82, 2.24) is 9.97 Å². The van der Waals surface area contributed by atoms with Crippen LogP contribution in [0.3, 0.4) is 0 Å². The van der Waals surface area contributed by atoms with Gasteiger partial charge in [-0.25, -0.2) is 9.97 Å². The first-order valence-electron chi connectivity index (χ1n) is 8.54. The van der Waals surface area contributed by atoms with Crippen LogP contribution in [0.15, 0.2) is 52.2 Å². The highest BCUT2D eigenvalue weighted by atomic mass is 35.5. The highest BCUT2D eigenvalue weighted by molar-refractivity contribution is 8.00. The number of carbonyl (C=O) groups is 1. The van der Waals surface area contributed by atoms with Crippen LogP contribution >= 0.6 is 46.0 Å². The van der Waals surface area contributed by atoms with Crippen LogP contribution in [0.2, 0.25) is 5.02 Å². The van der Waals surface area contributed by atoms with Crippen molar-refractivity contribution in [3.8, 4) is 0 Å². The maximum atomic E-state index is 12.3. The van der Waals surface area contributed by atoms with Crippen LogP contribution in [0.5, 0.6) is 0 Å². The Morgan fingerprint density at radius 2 is 2.00 bits per heavy atom. The predicted molar refractivity (Wildman–Crippen MR) is 120 cm³/mol. The zero-order valence-corrected chi connectivity index (χ0v) is 18.1. The molecule has 0 aliphatic carbocycles. The van der Waals surface area contributed by atoms with E-state index in [1.165, 1.54) is 22.5 Å². The van der Waals surface area contributed by atoms with Gasteiger partial charge in [-0.15, -0.1) is 11.3 Å². The summed E-state index contributed by atoms with van der Waals surface area (Å²) in [4.78, 5) is 21.4. The number of amides is 1. The van der Waals surface area contributed by atoms with E-state index in [4.69, 9.17) is 11.6 Å². The average molecular weight is 446 g/mol. The third kappa shape index (κ3) is 4.91. The van der Waals surface area contributed by atoms with Crippen LogP contribution in [-0.2, 0) is 17.0 Å². The maximum Gasteiger partial charge on any atom is 0.232 e. The van der Waals surface area contributed by atoms with Crippen LogP contribution in [0.1, 0.15) is 16.8 Å². The first-order chi connectivity index (χ1) is 13.5. The third-order valence-corrected chi connectivity index (χ3v) is 7.26. The zero-order valence-electron chi connectivity index (χ0n) is 14.9. The molecule has 0 spiro atoms. The van der Waals surface area contributed by atoms with Crippen LogP contribution in [0.4, 0.5) is 5.13 Å². The van der Waals surface area contributed by atoms with Crippen molar-refractivity contribution in [2.75, 3.05) is 5.32 Å². The molecule has 2 heterocycles. The molecule has 1 N–H and O–H groups in total. The number of anilines is 1. The topological polar surface area (TPSA) is 54.9 Å². The lowest BCUT2D eigenvalue weighted by Gasteiger charge is -2.00. The monoisotopic (exact) mass is 445 g/mol. The van der Waals surface area contributed by atoms with Gasteiger partial charge in [0.05, 0.1) is 22.3 Å². The van der Waals surface area contributed by atoms with Crippen molar-refractivity contribution in [2.45, 2.75) is 23.4 Å². The molecule has 0 atom stereocenters. The van der Waals surface area contributed by atoms with E-state index in [-0.39, 0.29) is 12.3 Å². The van der Waals surface area contributed by atoms with E-state index in [9.17, 15) is 4.79 Å². The number of benzene rings is 2. The van der Waals surface area contributed by atoms with Crippen molar-refractivity contribution in [2.24, 2.45) is 0 Å². The molecule has 0 unspecified atom stereocenters. The SMILES string of the molecule is Cc1ccc2nc(NC(=O)Cc3csc(SCc4ccc(Cl)cc4)n3)sc2c1. The summed E-state index contributed by atoms with van der Waals surface area (Å²) in [5.74, 6) is 0.719. The van der Waals surface area contributed by atoms with Crippen molar-refractivity contribution in [1.29, 1.82) is 0 Å². The Hall–Kier alpha value is -1.93. The van der Waals surface area contributed by atoms with E-state index >= 15 is 0 Å². The second-order valence-corrected chi connectivity index (χ2v) is 9.78. The molecule has 0 saturated heterocycles. The number of hydrogen-bond donors (Lipinski definition) is 1. The predicted octanol–water partition coefficient (Wildman–Crippen LogP) is 6.19. The number of aromatic nitrogens is 2. The highest BCUT2D eigenvalue weighted by Crippen LogP contribution is 2.28. The summed E-state index contributed by atoms with van der Waals surface area (Å²) in [6.07, 6.45) is 0.243. The number of nitrogens with zero attached hydrogens (tertiary/aromatic N) is 2. The van der Waals surface area contributed by atoms with Gasteiger partial charge >= 0.3 is 0 Å². The quantitative estimate of drug-likeness (QED) is 0.359. The molecule has 1 amide bonds. The molecule has 8 heteroatoms. The van der Waals surface area contributed by atoms with E-state index in [2.05, 4.69) is 21.4 Å². The fourth-order valence-electron chi connectivity index (χ4n) is 2.57. The van der Waals surface area contributed by atoms with Gasteiger partial charge in [0, 0.05) is 16.2 Å². The summed E-state index contributed by atoms with van der Waals surface area (Å²) in [5, 5.41) is 6.18. The van der Waals surface area contributed by atoms with E-state index in [1.54, 1.807) is 23.1 Å². The second-order valence-electron chi connectivity index (χ2n) is 6.24. The third-order valence-electron chi connectivity index (χ3n) is 3.94. The lowest BCUT2D eigenvalue weighted by atomic mass is 10.2. The van der Waals surface area contributed by atoms with Gasteiger partial charge in [0.2, 0.25) is 5.91 Å². The molecule has 0 aliphatic rings. The molecule has 0 radical (unpaired) electrons. The van der Waals surface area contributed by atoms with Crippen LogP contribution in [0, 0.1) is 6.92 Å². The standard InChI is InChI=1S/C20H16ClN3OS3/c1-12-2-7-16-17(8-12)28-19(23-16)24-18(25)9-15-11-27-20(22-15)26-10-13-3-5-14(21)6-4-13/h2-8,11H,9-10H2,1H3,(H,23,24,25). The minimum Gasteiger partial charge on any atom is -0.302 e. The summed E-state index contributed by atoms with van der Waals surface area (Å²) in [7, 11) is 0. The molecule has 0 aliphatic heterocycles. The number of fused-ring (bicyclic) bond motifs is 1. The fourth-order valence-corrected chi connectivity index (χ4v) is 5.48. The Morgan fingerprint density at radius 3 is 2.82 bits per heavy atom. The fraction of sp³-hybridized carbons (Fsp3) is 0.150. The van der Waals surface area contributed by atoms with Crippen molar-refractivity contribution in [3.05, 3.63) is 69.7 Å². The summed E-state index contributed by atoms with van der Waals surface area (Å²) >= 11 is 10.6. The minimum atomic E-state index is -0.102. The smallest absolute Gasteiger partial charge is 0.232 e. The van der Waals surface area contributed by atoms with Gasteiger partial charge in [-0.1, -0.05) is 52.9 Å². The normalized spacial score (nSPS) is 11.1. The van der Waals surface area contributed by atoms with E-state index < -0.39 is 0 Å². The molecule has 28 heavy (non-hydrogen) atoms. The highest BCUT2D eigenvalue weighted by Gasteiger charge is 2.11. The van der Waals surface area contributed by atoms with Crippen molar-refractivity contribution >= 4 is 67.3 Å². The van der Waals surface area contributed by atoms with Crippen LogP contribution in [-0.4, -0.2) is 15.9 Å². The number of hydrogen-bond acceptors (Lipinski definition) is 6. The Morgan fingerprint density at radius 1 is 1.18 bits per heavy atom. The maximum absolute atomic E-state index is 12.3. The van der Waals surface area contributed by atoms with Gasteiger partial charge in [-0.3, -0.25) is 4.79 Å². The summed E-state index contributed by atoms with van der Waals surface area (Å²) in [6.45, 7) is 2.04. The van der Waals surface area contributed by atoms with Gasteiger partial charge in [-0.2, -0.15) is 0 Å². The van der Waals surface area contributed by atoms with E-state index in [0.29, 0.717) is 5.13 Å². The van der Waals surface area contributed by atoms with E-state index in [1.807, 2.05) is 48.7 Å². The molecule has 4 nitrogen and oxygen atoms in total. The lowest BCUT2D eigenvalue weighted by Crippen LogP contribution is -2.14. The first-order valence-corrected chi connectivity index (χ1v) is 11.6. The Bertz CT molecular complexity index is 1120. The minimum absolute atomic E-state index is 0.102.